The van der Waals surface area contributed by atoms with E-state index in [1.54, 1.807) is 30.3 Å². The van der Waals surface area contributed by atoms with Crippen LogP contribution in [0.3, 0.4) is 0 Å². The van der Waals surface area contributed by atoms with Crippen molar-refractivity contribution < 1.29 is 14.3 Å². The molecule has 0 aliphatic carbocycles. The second kappa shape index (κ2) is 6.39. The van der Waals surface area contributed by atoms with Crippen LogP contribution >= 0.6 is 0 Å². The first kappa shape index (κ1) is 14.3. The molecular weight excluding hydrogens is 270 g/mol. The van der Waals surface area contributed by atoms with Gasteiger partial charge < -0.3 is 14.8 Å². The molecule has 0 spiro atoms. The molecule has 6 nitrogen and oxygen atoms in total. The van der Waals surface area contributed by atoms with Crippen molar-refractivity contribution in [3.8, 4) is 17.7 Å². The van der Waals surface area contributed by atoms with Crippen LogP contribution in [0.4, 0.5) is 5.69 Å². The molecule has 6 heteroatoms. The normalized spacial score (nSPS) is 9.57. The molecule has 2 rings (SSSR count). The van der Waals surface area contributed by atoms with E-state index in [-0.39, 0.29) is 11.8 Å². The third kappa shape index (κ3) is 3.09. The molecule has 1 amide bonds. The minimum absolute atomic E-state index is 0.239. The average Bonchev–Trinajstić information content (AvgIpc) is 2.55. The van der Waals surface area contributed by atoms with Crippen LogP contribution in [0.2, 0.25) is 0 Å². The molecule has 0 saturated heterocycles. The molecule has 0 bridgehead atoms. The predicted octanol–water partition coefficient (Wildman–Crippen LogP) is 2.22. The molecule has 1 aromatic heterocycles. The molecule has 21 heavy (non-hydrogen) atoms. The number of nitriles is 1. The van der Waals surface area contributed by atoms with E-state index in [1.807, 2.05) is 6.07 Å². The Labute approximate surface area is 121 Å². The van der Waals surface area contributed by atoms with Crippen molar-refractivity contribution in [1.82, 2.24) is 4.98 Å². The SMILES string of the molecule is COc1cc(C#N)ccc1NC(=O)c1cccnc1OC. The van der Waals surface area contributed by atoms with Crippen LogP contribution in [0.1, 0.15) is 15.9 Å². The first-order valence-corrected chi connectivity index (χ1v) is 6.08. The summed E-state index contributed by atoms with van der Waals surface area (Å²) in [6.45, 7) is 0. The van der Waals surface area contributed by atoms with Crippen molar-refractivity contribution in [3.63, 3.8) is 0 Å². The van der Waals surface area contributed by atoms with Crippen molar-refractivity contribution in [2.24, 2.45) is 0 Å². The zero-order chi connectivity index (χ0) is 15.2. The molecule has 1 aromatic carbocycles. The Hall–Kier alpha value is -3.07. The third-order valence-electron chi connectivity index (χ3n) is 2.79. The summed E-state index contributed by atoms with van der Waals surface area (Å²) >= 11 is 0. The lowest BCUT2D eigenvalue weighted by Gasteiger charge is -2.11. The van der Waals surface area contributed by atoms with E-state index in [4.69, 9.17) is 14.7 Å². The molecule has 0 saturated carbocycles. The van der Waals surface area contributed by atoms with E-state index >= 15 is 0 Å². The number of carbonyl (C=O) groups is 1. The number of carbonyl (C=O) groups excluding carboxylic acids is 1. The quantitative estimate of drug-likeness (QED) is 0.930. The van der Waals surface area contributed by atoms with Gasteiger partial charge in [-0.15, -0.1) is 0 Å². The molecule has 0 fully saturated rings. The summed E-state index contributed by atoms with van der Waals surface area (Å²) in [5.41, 5.74) is 1.22. The standard InChI is InChI=1S/C15H13N3O3/c1-20-13-8-10(9-16)5-6-12(13)18-14(19)11-4-3-7-17-15(11)21-2/h3-8H,1-2H3,(H,18,19). The lowest BCUT2D eigenvalue weighted by atomic mass is 10.2. The van der Waals surface area contributed by atoms with Crippen LogP contribution in [0, 0.1) is 11.3 Å². The number of pyridine rings is 1. The highest BCUT2D eigenvalue weighted by Crippen LogP contribution is 2.26. The number of nitrogens with zero attached hydrogens (tertiary/aromatic N) is 2. The van der Waals surface area contributed by atoms with Gasteiger partial charge in [0.1, 0.15) is 11.3 Å². The molecule has 1 N–H and O–H groups in total. The molecule has 0 radical (unpaired) electrons. The van der Waals surface area contributed by atoms with Crippen LogP contribution in [0.5, 0.6) is 11.6 Å². The maximum absolute atomic E-state index is 12.3. The van der Waals surface area contributed by atoms with Crippen LogP contribution in [-0.4, -0.2) is 25.1 Å². The highest BCUT2D eigenvalue weighted by atomic mass is 16.5. The summed E-state index contributed by atoms with van der Waals surface area (Å²) in [6.07, 6.45) is 1.54. The number of benzene rings is 1. The second-order valence-electron chi connectivity index (χ2n) is 4.04. The van der Waals surface area contributed by atoms with E-state index in [9.17, 15) is 4.79 Å². The summed E-state index contributed by atoms with van der Waals surface area (Å²) in [7, 11) is 2.91. The third-order valence-corrected chi connectivity index (χ3v) is 2.79. The number of anilines is 1. The highest BCUT2D eigenvalue weighted by molar-refractivity contribution is 6.06. The first-order chi connectivity index (χ1) is 10.2. The number of aromatic nitrogens is 1. The fraction of sp³-hybridized carbons (Fsp3) is 0.133. The number of rotatable bonds is 4. The smallest absolute Gasteiger partial charge is 0.261 e. The van der Waals surface area contributed by atoms with Gasteiger partial charge in [0.25, 0.3) is 5.91 Å². The van der Waals surface area contributed by atoms with Crippen molar-refractivity contribution in [2.75, 3.05) is 19.5 Å². The molecule has 0 aliphatic heterocycles. The average molecular weight is 283 g/mol. The topological polar surface area (TPSA) is 84.2 Å². The molecule has 0 atom stereocenters. The first-order valence-electron chi connectivity index (χ1n) is 6.08. The summed E-state index contributed by atoms with van der Waals surface area (Å²) in [6, 6.07) is 10.0. The Balaban J connectivity index is 2.30. The van der Waals surface area contributed by atoms with Crippen LogP contribution < -0.4 is 14.8 Å². The van der Waals surface area contributed by atoms with Gasteiger partial charge in [0, 0.05) is 12.3 Å². The van der Waals surface area contributed by atoms with Gasteiger partial charge in [0.05, 0.1) is 31.5 Å². The van der Waals surface area contributed by atoms with Crippen molar-refractivity contribution in [1.29, 1.82) is 5.26 Å². The lowest BCUT2D eigenvalue weighted by molar-refractivity contribution is 0.102. The van der Waals surface area contributed by atoms with E-state index in [0.29, 0.717) is 22.6 Å². The monoisotopic (exact) mass is 283 g/mol. The minimum Gasteiger partial charge on any atom is -0.495 e. The van der Waals surface area contributed by atoms with Gasteiger partial charge in [-0.05, 0) is 24.3 Å². The van der Waals surface area contributed by atoms with Gasteiger partial charge in [0.2, 0.25) is 5.88 Å². The molecule has 106 valence electrons. The second-order valence-corrected chi connectivity index (χ2v) is 4.04. The van der Waals surface area contributed by atoms with Gasteiger partial charge in [-0.2, -0.15) is 5.26 Å². The number of hydrogen-bond donors (Lipinski definition) is 1. The van der Waals surface area contributed by atoms with Gasteiger partial charge in [-0.1, -0.05) is 0 Å². The van der Waals surface area contributed by atoms with Crippen LogP contribution in [-0.2, 0) is 0 Å². The van der Waals surface area contributed by atoms with Crippen LogP contribution in [0.15, 0.2) is 36.5 Å². The van der Waals surface area contributed by atoms with Gasteiger partial charge in [-0.3, -0.25) is 4.79 Å². The summed E-state index contributed by atoms with van der Waals surface area (Å²) in [5, 5.41) is 11.6. The number of amides is 1. The highest BCUT2D eigenvalue weighted by Gasteiger charge is 2.15. The van der Waals surface area contributed by atoms with Crippen molar-refractivity contribution in [3.05, 3.63) is 47.7 Å². The summed E-state index contributed by atoms with van der Waals surface area (Å²) < 4.78 is 10.2. The van der Waals surface area contributed by atoms with Gasteiger partial charge >= 0.3 is 0 Å². The maximum Gasteiger partial charge on any atom is 0.261 e. The molecule has 0 unspecified atom stereocenters. The Kier molecular flexibility index (Phi) is 4.36. The number of methoxy groups -OCH3 is 2. The van der Waals surface area contributed by atoms with Crippen LogP contribution in [0.25, 0.3) is 0 Å². The number of ether oxygens (including phenoxy) is 2. The molecular formula is C15H13N3O3. The van der Waals surface area contributed by atoms with E-state index < -0.39 is 0 Å². The molecule has 1 heterocycles. The fourth-order valence-corrected chi connectivity index (χ4v) is 1.78. The van der Waals surface area contributed by atoms with E-state index in [0.717, 1.165) is 0 Å². The Bertz CT molecular complexity index is 708. The Morgan fingerprint density at radius 1 is 1.29 bits per heavy atom. The largest absolute Gasteiger partial charge is 0.495 e. The fourth-order valence-electron chi connectivity index (χ4n) is 1.78. The summed E-state index contributed by atoms with van der Waals surface area (Å²) in [4.78, 5) is 16.2. The van der Waals surface area contributed by atoms with Gasteiger partial charge in [-0.25, -0.2) is 4.98 Å². The van der Waals surface area contributed by atoms with Crippen molar-refractivity contribution >= 4 is 11.6 Å². The zero-order valence-electron chi connectivity index (χ0n) is 11.6. The van der Waals surface area contributed by atoms with E-state index in [2.05, 4.69) is 10.3 Å². The number of nitrogens with one attached hydrogen (secondary N) is 1. The summed E-state index contributed by atoms with van der Waals surface area (Å²) in [5.74, 6) is 0.274. The Morgan fingerprint density at radius 3 is 2.76 bits per heavy atom. The van der Waals surface area contributed by atoms with Crippen molar-refractivity contribution in [2.45, 2.75) is 0 Å². The minimum atomic E-state index is -0.372. The Morgan fingerprint density at radius 2 is 2.10 bits per heavy atom. The van der Waals surface area contributed by atoms with Gasteiger partial charge in [0.15, 0.2) is 0 Å². The molecule has 0 aliphatic rings. The number of hydrogen-bond acceptors (Lipinski definition) is 5. The lowest BCUT2D eigenvalue weighted by Crippen LogP contribution is -2.14. The maximum atomic E-state index is 12.3. The predicted molar refractivity (Wildman–Crippen MR) is 76.5 cm³/mol. The van der Waals surface area contributed by atoms with E-state index in [1.165, 1.54) is 20.4 Å². The zero-order valence-corrected chi connectivity index (χ0v) is 11.6. The molecule has 2 aromatic rings.